The third-order valence-electron chi connectivity index (χ3n) is 4.45. The van der Waals surface area contributed by atoms with Crippen LogP contribution in [0.25, 0.3) is 0 Å². The van der Waals surface area contributed by atoms with Crippen molar-refractivity contribution >= 4 is 0 Å². The van der Waals surface area contributed by atoms with Crippen molar-refractivity contribution in [2.75, 3.05) is 13.7 Å². The molecule has 0 saturated heterocycles. The van der Waals surface area contributed by atoms with Gasteiger partial charge in [-0.15, -0.1) is 0 Å². The summed E-state index contributed by atoms with van der Waals surface area (Å²) in [6.45, 7) is 5.33. The maximum absolute atomic E-state index is 5.77. The Kier molecular flexibility index (Phi) is 5.90. The van der Waals surface area contributed by atoms with Gasteiger partial charge >= 0.3 is 0 Å². The van der Waals surface area contributed by atoms with Crippen LogP contribution in [0.3, 0.4) is 0 Å². The van der Waals surface area contributed by atoms with E-state index >= 15 is 0 Å². The largest absolute Gasteiger partial charge is 0.494 e. The van der Waals surface area contributed by atoms with Crippen LogP contribution in [0.4, 0.5) is 0 Å². The second-order valence-corrected chi connectivity index (χ2v) is 6.22. The maximum atomic E-state index is 5.77. The molecule has 2 rings (SSSR count). The first-order valence-electron chi connectivity index (χ1n) is 8.14. The molecule has 1 aromatic carbocycles. The second kappa shape index (κ2) is 7.68. The average molecular weight is 275 g/mol. The first-order valence-corrected chi connectivity index (χ1v) is 8.14. The Balaban J connectivity index is 2.09. The highest BCUT2D eigenvalue weighted by atomic mass is 16.5. The van der Waals surface area contributed by atoms with Crippen molar-refractivity contribution in [2.45, 2.75) is 52.0 Å². The SMILES string of the molecule is CCCOc1cccc(C(NC)C2CCCC(C)C2)c1. The number of hydrogen-bond donors (Lipinski definition) is 1. The molecule has 0 amide bonds. The van der Waals surface area contributed by atoms with Gasteiger partial charge in [-0.3, -0.25) is 0 Å². The second-order valence-electron chi connectivity index (χ2n) is 6.22. The number of benzene rings is 1. The van der Waals surface area contributed by atoms with E-state index in [0.29, 0.717) is 6.04 Å². The van der Waals surface area contributed by atoms with E-state index in [1.807, 2.05) is 0 Å². The topological polar surface area (TPSA) is 21.3 Å². The number of nitrogens with one attached hydrogen (secondary N) is 1. The Bertz CT molecular complexity index is 404. The van der Waals surface area contributed by atoms with E-state index in [-0.39, 0.29) is 0 Å². The van der Waals surface area contributed by atoms with Gasteiger partial charge in [-0.25, -0.2) is 0 Å². The summed E-state index contributed by atoms with van der Waals surface area (Å²) in [5.41, 5.74) is 1.38. The highest BCUT2D eigenvalue weighted by molar-refractivity contribution is 5.31. The van der Waals surface area contributed by atoms with Gasteiger partial charge in [-0.05, 0) is 55.8 Å². The van der Waals surface area contributed by atoms with Gasteiger partial charge in [0.2, 0.25) is 0 Å². The van der Waals surface area contributed by atoms with E-state index in [1.165, 1.54) is 31.2 Å². The predicted molar refractivity (Wildman–Crippen MR) is 85.2 cm³/mol. The molecule has 0 aromatic heterocycles. The molecule has 2 heteroatoms. The molecule has 0 spiro atoms. The Morgan fingerprint density at radius 2 is 2.20 bits per heavy atom. The molecule has 1 aliphatic carbocycles. The molecular formula is C18H29NO. The zero-order chi connectivity index (χ0) is 14.4. The van der Waals surface area contributed by atoms with Crippen LogP contribution >= 0.6 is 0 Å². The number of ether oxygens (including phenoxy) is 1. The Hall–Kier alpha value is -1.02. The standard InChI is InChI=1S/C18H29NO/c1-4-11-20-17-10-6-9-16(13-17)18(19-3)15-8-5-7-14(2)12-15/h6,9-10,13-15,18-19H,4-5,7-8,11-12H2,1-3H3. The molecule has 1 fully saturated rings. The van der Waals surface area contributed by atoms with Gasteiger partial charge in [-0.2, -0.15) is 0 Å². The van der Waals surface area contributed by atoms with Crippen LogP contribution in [0.1, 0.15) is 57.6 Å². The molecule has 1 N–H and O–H groups in total. The summed E-state index contributed by atoms with van der Waals surface area (Å²) in [6.07, 6.45) is 6.50. The molecule has 3 unspecified atom stereocenters. The van der Waals surface area contributed by atoms with E-state index in [2.05, 4.69) is 50.5 Å². The number of rotatable bonds is 6. The van der Waals surface area contributed by atoms with Crippen molar-refractivity contribution in [2.24, 2.45) is 11.8 Å². The summed E-state index contributed by atoms with van der Waals surface area (Å²) in [4.78, 5) is 0. The first-order chi connectivity index (χ1) is 9.74. The van der Waals surface area contributed by atoms with Crippen LogP contribution in [-0.2, 0) is 0 Å². The fourth-order valence-corrected chi connectivity index (χ4v) is 3.48. The van der Waals surface area contributed by atoms with E-state index in [9.17, 15) is 0 Å². The van der Waals surface area contributed by atoms with Crippen molar-refractivity contribution in [1.82, 2.24) is 5.32 Å². The minimum atomic E-state index is 0.461. The summed E-state index contributed by atoms with van der Waals surface area (Å²) in [7, 11) is 2.09. The third kappa shape index (κ3) is 3.99. The van der Waals surface area contributed by atoms with Crippen molar-refractivity contribution in [1.29, 1.82) is 0 Å². The summed E-state index contributed by atoms with van der Waals surface area (Å²) < 4.78 is 5.77. The molecule has 0 aliphatic heterocycles. The first kappa shape index (κ1) is 15.4. The third-order valence-corrected chi connectivity index (χ3v) is 4.45. The minimum Gasteiger partial charge on any atom is -0.494 e. The molecule has 0 radical (unpaired) electrons. The average Bonchev–Trinajstić information content (AvgIpc) is 2.46. The molecule has 1 saturated carbocycles. The molecular weight excluding hydrogens is 246 g/mol. The van der Waals surface area contributed by atoms with Crippen LogP contribution < -0.4 is 10.1 Å². The van der Waals surface area contributed by atoms with Crippen molar-refractivity contribution in [3.8, 4) is 5.75 Å². The van der Waals surface area contributed by atoms with Crippen LogP contribution in [0.5, 0.6) is 5.75 Å². The smallest absolute Gasteiger partial charge is 0.119 e. The molecule has 1 aromatic rings. The zero-order valence-electron chi connectivity index (χ0n) is 13.2. The van der Waals surface area contributed by atoms with E-state index in [4.69, 9.17) is 4.74 Å². The van der Waals surface area contributed by atoms with Gasteiger partial charge in [0.1, 0.15) is 5.75 Å². The highest BCUT2D eigenvalue weighted by Crippen LogP contribution is 2.37. The number of hydrogen-bond acceptors (Lipinski definition) is 2. The lowest BCUT2D eigenvalue weighted by Crippen LogP contribution is -2.29. The lowest BCUT2D eigenvalue weighted by Gasteiger charge is -2.33. The van der Waals surface area contributed by atoms with E-state index in [0.717, 1.165) is 30.6 Å². The Morgan fingerprint density at radius 3 is 2.90 bits per heavy atom. The summed E-state index contributed by atoms with van der Waals surface area (Å²) in [6, 6.07) is 9.10. The Labute approximate surface area is 123 Å². The summed E-state index contributed by atoms with van der Waals surface area (Å²) >= 11 is 0. The lowest BCUT2D eigenvalue weighted by atomic mass is 9.77. The molecule has 0 bridgehead atoms. The van der Waals surface area contributed by atoms with Crippen LogP contribution in [0, 0.1) is 11.8 Å². The summed E-state index contributed by atoms with van der Waals surface area (Å²) in [5, 5.41) is 3.54. The molecule has 20 heavy (non-hydrogen) atoms. The van der Waals surface area contributed by atoms with Crippen LogP contribution in [-0.4, -0.2) is 13.7 Å². The molecule has 112 valence electrons. The van der Waals surface area contributed by atoms with E-state index < -0.39 is 0 Å². The normalized spacial score (nSPS) is 24.4. The molecule has 1 aliphatic rings. The van der Waals surface area contributed by atoms with Crippen LogP contribution in [0.2, 0.25) is 0 Å². The lowest BCUT2D eigenvalue weighted by molar-refractivity contribution is 0.229. The minimum absolute atomic E-state index is 0.461. The predicted octanol–water partition coefficient (Wildman–Crippen LogP) is 4.56. The van der Waals surface area contributed by atoms with Gasteiger partial charge in [0.15, 0.2) is 0 Å². The fourth-order valence-electron chi connectivity index (χ4n) is 3.48. The maximum Gasteiger partial charge on any atom is 0.119 e. The monoisotopic (exact) mass is 275 g/mol. The molecule has 3 atom stereocenters. The van der Waals surface area contributed by atoms with Crippen LogP contribution in [0.15, 0.2) is 24.3 Å². The van der Waals surface area contributed by atoms with Crippen molar-refractivity contribution < 1.29 is 4.74 Å². The van der Waals surface area contributed by atoms with Crippen molar-refractivity contribution in [3.05, 3.63) is 29.8 Å². The molecule has 0 heterocycles. The highest BCUT2D eigenvalue weighted by Gasteiger charge is 2.26. The van der Waals surface area contributed by atoms with Gasteiger partial charge in [0.25, 0.3) is 0 Å². The van der Waals surface area contributed by atoms with E-state index in [1.54, 1.807) is 0 Å². The zero-order valence-corrected chi connectivity index (χ0v) is 13.2. The quantitative estimate of drug-likeness (QED) is 0.821. The molecule has 2 nitrogen and oxygen atoms in total. The summed E-state index contributed by atoms with van der Waals surface area (Å²) in [5.74, 6) is 2.63. The van der Waals surface area contributed by atoms with Crippen molar-refractivity contribution in [3.63, 3.8) is 0 Å². The Morgan fingerprint density at radius 1 is 1.35 bits per heavy atom. The fraction of sp³-hybridized carbons (Fsp3) is 0.667. The van der Waals surface area contributed by atoms with Gasteiger partial charge in [0.05, 0.1) is 6.61 Å². The van der Waals surface area contributed by atoms with Gasteiger partial charge < -0.3 is 10.1 Å². The van der Waals surface area contributed by atoms with Gasteiger partial charge in [0, 0.05) is 6.04 Å². The van der Waals surface area contributed by atoms with Gasteiger partial charge in [-0.1, -0.05) is 38.8 Å².